The number of nitrogens with one attached hydrogen (secondary N) is 1. The predicted molar refractivity (Wildman–Crippen MR) is 111 cm³/mol. The molecule has 142 valence electrons. The first-order chi connectivity index (χ1) is 14.2. The van der Waals surface area contributed by atoms with Crippen LogP contribution in [0.1, 0.15) is 15.9 Å². The number of fused-ring (bicyclic) bond motifs is 1. The minimum atomic E-state index is -0.366. The zero-order valence-electron chi connectivity index (χ0n) is 15.1. The van der Waals surface area contributed by atoms with Crippen LogP contribution in [0.25, 0.3) is 5.65 Å². The lowest BCUT2D eigenvalue weighted by molar-refractivity contribution is 0.0955. The highest BCUT2D eigenvalue weighted by molar-refractivity contribution is 7.99. The van der Waals surface area contributed by atoms with Crippen LogP contribution in [0.15, 0.2) is 99.1 Å². The zero-order valence-corrected chi connectivity index (χ0v) is 15.9. The number of carbonyl (C=O) groups is 1. The van der Waals surface area contributed by atoms with Crippen molar-refractivity contribution in [3.63, 3.8) is 0 Å². The highest BCUT2D eigenvalue weighted by Gasteiger charge is 2.13. The van der Waals surface area contributed by atoms with Crippen molar-refractivity contribution < 1.29 is 4.79 Å². The number of amides is 1. The minimum absolute atomic E-state index is 0.262. The van der Waals surface area contributed by atoms with Gasteiger partial charge in [-0.2, -0.15) is 5.10 Å². The molecular weight excluding hydrogens is 386 g/mol. The van der Waals surface area contributed by atoms with Crippen LogP contribution in [0.4, 0.5) is 0 Å². The van der Waals surface area contributed by atoms with Crippen LogP contribution in [0.3, 0.4) is 0 Å². The Hall–Kier alpha value is -3.78. The van der Waals surface area contributed by atoms with Gasteiger partial charge >= 0.3 is 0 Å². The lowest BCUT2D eigenvalue weighted by Crippen LogP contribution is -2.22. The largest absolute Gasteiger partial charge is 0.271 e. The molecule has 0 radical (unpaired) electrons. The summed E-state index contributed by atoms with van der Waals surface area (Å²) in [6.07, 6.45) is 4.63. The van der Waals surface area contributed by atoms with E-state index in [9.17, 15) is 9.59 Å². The van der Waals surface area contributed by atoms with Crippen LogP contribution in [0, 0.1) is 0 Å². The summed E-state index contributed by atoms with van der Waals surface area (Å²) in [4.78, 5) is 34.0. The summed E-state index contributed by atoms with van der Waals surface area (Å²) in [5.41, 5.74) is 3.41. The lowest BCUT2D eigenvalue weighted by atomic mass is 10.2. The summed E-state index contributed by atoms with van der Waals surface area (Å²) in [5.74, 6) is -0.366. The molecule has 8 heteroatoms. The van der Waals surface area contributed by atoms with Crippen molar-refractivity contribution in [1.82, 2.24) is 19.8 Å². The van der Waals surface area contributed by atoms with E-state index in [4.69, 9.17) is 0 Å². The monoisotopic (exact) mass is 401 g/mol. The van der Waals surface area contributed by atoms with Crippen LogP contribution >= 0.6 is 11.8 Å². The molecule has 29 heavy (non-hydrogen) atoms. The molecular formula is C21H15N5O2S. The molecule has 0 atom stereocenters. The maximum atomic E-state index is 13.0. The molecule has 1 aromatic carbocycles. The molecule has 0 aliphatic rings. The molecule has 0 aliphatic carbocycles. The highest BCUT2D eigenvalue weighted by atomic mass is 32.2. The van der Waals surface area contributed by atoms with Gasteiger partial charge < -0.3 is 0 Å². The van der Waals surface area contributed by atoms with Gasteiger partial charge in [-0.3, -0.25) is 14.0 Å². The number of hydrazone groups is 1. The molecule has 1 amide bonds. The number of hydrogen-bond acceptors (Lipinski definition) is 6. The first-order valence-corrected chi connectivity index (χ1v) is 9.53. The topological polar surface area (TPSA) is 88.7 Å². The molecule has 0 bridgehead atoms. The summed E-state index contributed by atoms with van der Waals surface area (Å²) < 4.78 is 1.43. The number of benzene rings is 1. The molecule has 0 aliphatic heterocycles. The van der Waals surface area contributed by atoms with E-state index in [2.05, 4.69) is 20.5 Å². The van der Waals surface area contributed by atoms with E-state index in [1.165, 1.54) is 22.4 Å². The Morgan fingerprint density at radius 3 is 2.62 bits per heavy atom. The van der Waals surface area contributed by atoms with E-state index < -0.39 is 0 Å². The SMILES string of the molecule is O=C(N/N=C\c1c(Sc2ccccn2)nc2ccccn2c1=O)c1ccccc1. The molecule has 4 rings (SSSR count). The molecule has 0 fully saturated rings. The second-order valence-electron chi connectivity index (χ2n) is 5.90. The Kier molecular flexibility index (Phi) is 5.44. The first kappa shape index (κ1) is 18.6. The summed E-state index contributed by atoms with van der Waals surface area (Å²) >= 11 is 1.26. The predicted octanol–water partition coefficient (Wildman–Crippen LogP) is 3.00. The van der Waals surface area contributed by atoms with Gasteiger partial charge in [0.1, 0.15) is 15.7 Å². The van der Waals surface area contributed by atoms with Crippen molar-refractivity contribution in [2.45, 2.75) is 10.1 Å². The van der Waals surface area contributed by atoms with E-state index in [1.807, 2.05) is 30.3 Å². The number of nitrogens with zero attached hydrogens (tertiary/aromatic N) is 4. The van der Waals surface area contributed by atoms with Gasteiger partial charge in [-0.15, -0.1) is 0 Å². The van der Waals surface area contributed by atoms with Crippen LogP contribution < -0.4 is 11.0 Å². The lowest BCUT2D eigenvalue weighted by Gasteiger charge is -2.07. The summed E-state index contributed by atoms with van der Waals surface area (Å²) in [7, 11) is 0. The Labute approximate surface area is 170 Å². The number of pyridine rings is 2. The fraction of sp³-hybridized carbons (Fsp3) is 0. The molecule has 0 saturated carbocycles. The van der Waals surface area contributed by atoms with Gasteiger partial charge in [-0.25, -0.2) is 15.4 Å². The van der Waals surface area contributed by atoms with E-state index in [-0.39, 0.29) is 17.0 Å². The van der Waals surface area contributed by atoms with Crippen LogP contribution in [0.5, 0.6) is 0 Å². The standard InChI is InChI=1S/C21H15N5O2S/c27-19(15-8-2-1-3-9-15)25-23-14-16-20(29-18-11-4-6-12-22-18)24-17-10-5-7-13-26(17)21(16)28/h1-14H,(H,25,27)/b23-14-. The molecule has 3 aromatic heterocycles. The van der Waals surface area contributed by atoms with Gasteiger partial charge in [0.2, 0.25) is 0 Å². The van der Waals surface area contributed by atoms with Gasteiger partial charge in [0.05, 0.1) is 11.8 Å². The van der Waals surface area contributed by atoms with E-state index in [1.54, 1.807) is 48.8 Å². The van der Waals surface area contributed by atoms with E-state index in [0.717, 1.165) is 0 Å². The van der Waals surface area contributed by atoms with E-state index >= 15 is 0 Å². The molecule has 0 saturated heterocycles. The average Bonchev–Trinajstić information content (AvgIpc) is 2.77. The Morgan fingerprint density at radius 1 is 1.03 bits per heavy atom. The van der Waals surface area contributed by atoms with Gasteiger partial charge in [0.25, 0.3) is 11.5 Å². The number of rotatable bonds is 5. The normalized spacial score (nSPS) is 11.0. The average molecular weight is 401 g/mol. The van der Waals surface area contributed by atoms with E-state index in [0.29, 0.717) is 21.3 Å². The number of carbonyl (C=O) groups excluding carboxylic acids is 1. The quantitative estimate of drug-likeness (QED) is 0.315. The second kappa shape index (κ2) is 8.49. The van der Waals surface area contributed by atoms with Crippen molar-refractivity contribution in [2.75, 3.05) is 0 Å². The zero-order chi connectivity index (χ0) is 20.1. The van der Waals surface area contributed by atoms with Crippen molar-refractivity contribution in [3.05, 3.63) is 101 Å². The summed E-state index contributed by atoms with van der Waals surface area (Å²) in [6.45, 7) is 0. The van der Waals surface area contributed by atoms with Crippen LogP contribution in [-0.2, 0) is 0 Å². The van der Waals surface area contributed by atoms with Crippen molar-refractivity contribution in [1.29, 1.82) is 0 Å². The smallest absolute Gasteiger partial charge is 0.268 e. The maximum Gasteiger partial charge on any atom is 0.271 e. The van der Waals surface area contributed by atoms with Gasteiger partial charge in [0.15, 0.2) is 0 Å². The van der Waals surface area contributed by atoms with Crippen LogP contribution in [-0.4, -0.2) is 26.5 Å². The van der Waals surface area contributed by atoms with Gasteiger partial charge in [-0.05, 0) is 48.2 Å². The van der Waals surface area contributed by atoms with Gasteiger partial charge in [0, 0.05) is 18.0 Å². The molecule has 3 heterocycles. The maximum absolute atomic E-state index is 13.0. The summed E-state index contributed by atoms with van der Waals surface area (Å²) in [5, 5.41) is 5.13. The third-order valence-corrected chi connectivity index (χ3v) is 4.92. The van der Waals surface area contributed by atoms with Crippen molar-refractivity contribution in [2.24, 2.45) is 5.10 Å². The number of aromatic nitrogens is 3. The van der Waals surface area contributed by atoms with Gasteiger partial charge in [-0.1, -0.05) is 30.3 Å². The Morgan fingerprint density at radius 2 is 1.83 bits per heavy atom. The highest BCUT2D eigenvalue weighted by Crippen LogP contribution is 2.25. The van der Waals surface area contributed by atoms with Crippen LogP contribution in [0.2, 0.25) is 0 Å². The third kappa shape index (κ3) is 4.22. The van der Waals surface area contributed by atoms with Crippen molar-refractivity contribution >= 4 is 29.5 Å². The molecule has 0 spiro atoms. The molecule has 4 aromatic rings. The Bertz CT molecular complexity index is 1240. The summed E-state index contributed by atoms with van der Waals surface area (Å²) in [6, 6.07) is 19.5. The number of hydrogen-bond donors (Lipinski definition) is 1. The third-order valence-electron chi connectivity index (χ3n) is 3.97. The fourth-order valence-corrected chi connectivity index (χ4v) is 3.43. The Balaban J connectivity index is 1.69. The molecule has 0 unspecified atom stereocenters. The first-order valence-electron chi connectivity index (χ1n) is 8.71. The fourth-order valence-electron chi connectivity index (χ4n) is 2.59. The van der Waals surface area contributed by atoms with Crippen molar-refractivity contribution in [3.8, 4) is 0 Å². The molecule has 1 N–H and O–H groups in total. The molecule has 7 nitrogen and oxygen atoms in total. The minimum Gasteiger partial charge on any atom is -0.268 e. The second-order valence-corrected chi connectivity index (χ2v) is 6.91.